The number of nitrogens with zero attached hydrogens (tertiary/aromatic N) is 4. The lowest BCUT2D eigenvalue weighted by atomic mass is 9.92. The zero-order chi connectivity index (χ0) is 25.9. The molecule has 9 heteroatoms. The molecule has 5 rings (SSSR count). The monoisotopic (exact) mass is 498 g/mol. The minimum Gasteiger partial charge on any atom is -0.351 e. The van der Waals surface area contributed by atoms with Crippen molar-refractivity contribution < 1.29 is 4.79 Å². The molecular weight excluding hydrogens is 464 g/mol. The van der Waals surface area contributed by atoms with E-state index in [4.69, 9.17) is 16.5 Å². The van der Waals surface area contributed by atoms with Gasteiger partial charge in [0.1, 0.15) is 6.04 Å². The van der Waals surface area contributed by atoms with Crippen molar-refractivity contribution in [1.82, 2.24) is 19.7 Å². The minimum atomic E-state index is -0.774. The third-order valence-electron chi connectivity index (χ3n) is 7.12. The van der Waals surface area contributed by atoms with E-state index in [0.717, 1.165) is 65.4 Å². The van der Waals surface area contributed by atoms with Gasteiger partial charge in [0.05, 0.1) is 11.2 Å². The molecule has 0 spiro atoms. The molecule has 1 fully saturated rings. The Hall–Kier alpha value is -3.82. The molecule has 2 aromatic heterocycles. The summed E-state index contributed by atoms with van der Waals surface area (Å²) in [5, 5.41) is 11.8. The molecule has 192 valence electrons. The first-order chi connectivity index (χ1) is 17.9. The van der Waals surface area contributed by atoms with Crippen molar-refractivity contribution in [3.63, 3.8) is 0 Å². The summed E-state index contributed by atoms with van der Waals surface area (Å²) in [5.41, 5.74) is 16.9. The highest BCUT2D eigenvalue weighted by Gasteiger charge is 2.20. The molecule has 1 aliphatic rings. The molecule has 9 nitrogen and oxygen atoms in total. The average molecular weight is 499 g/mol. The molecule has 0 saturated heterocycles. The number of amides is 1. The van der Waals surface area contributed by atoms with Crippen LogP contribution in [-0.4, -0.2) is 37.7 Å². The van der Waals surface area contributed by atoms with E-state index >= 15 is 0 Å². The molecule has 2 aromatic carbocycles. The van der Waals surface area contributed by atoms with Crippen LogP contribution in [0.15, 0.2) is 54.7 Å². The van der Waals surface area contributed by atoms with Crippen molar-refractivity contribution in [2.45, 2.75) is 57.2 Å². The van der Waals surface area contributed by atoms with E-state index in [0.29, 0.717) is 23.8 Å². The molecular formula is C28H34N8O. The fourth-order valence-electron chi connectivity index (χ4n) is 4.97. The minimum absolute atomic E-state index is 0.308. The highest BCUT2D eigenvalue weighted by Crippen LogP contribution is 2.30. The van der Waals surface area contributed by atoms with Gasteiger partial charge in [0.25, 0.3) is 0 Å². The second-order valence-electron chi connectivity index (χ2n) is 9.79. The molecule has 6 N–H and O–H groups in total. The van der Waals surface area contributed by atoms with Crippen LogP contribution in [0.3, 0.4) is 0 Å². The number of nitrogens with two attached hydrogens (primary N) is 2. The number of carbonyl (C=O) groups is 1. The smallest absolute Gasteiger partial charge is 0.247 e. The number of anilines is 2. The van der Waals surface area contributed by atoms with Crippen molar-refractivity contribution in [1.29, 1.82) is 0 Å². The first-order valence-electron chi connectivity index (χ1n) is 12.9. The molecule has 4 aromatic rings. The third-order valence-corrected chi connectivity index (χ3v) is 7.12. The summed E-state index contributed by atoms with van der Waals surface area (Å²) in [6, 6.07) is 15.2. The first kappa shape index (κ1) is 24.9. The van der Waals surface area contributed by atoms with Gasteiger partial charge in [0.2, 0.25) is 11.9 Å². The predicted octanol–water partition coefficient (Wildman–Crippen LogP) is 3.91. The van der Waals surface area contributed by atoms with E-state index in [-0.39, 0.29) is 5.91 Å². The van der Waals surface area contributed by atoms with Crippen LogP contribution in [0.4, 0.5) is 11.8 Å². The van der Waals surface area contributed by atoms with Crippen LogP contribution in [0.5, 0.6) is 0 Å². The van der Waals surface area contributed by atoms with Gasteiger partial charge in [-0.25, -0.2) is 9.97 Å². The standard InChI is InChI=1S/C28H34N8O/c1-3-17-13-19(14-20-16-31-28(34-26(17)20)32-22-11-9-21(29)10-12-22)23-15-24(35-36(23)2)33-27(37)25(30)18-7-5-4-6-8-18/h4-8,13-16,21-22,25H,3,9-12,29-30H2,1-2H3,(H,31,32,34)(H,33,35,37)/t21?,22?,25-/m0/s1. The van der Waals surface area contributed by atoms with Gasteiger partial charge in [-0.3, -0.25) is 9.48 Å². The fourth-order valence-corrected chi connectivity index (χ4v) is 4.97. The van der Waals surface area contributed by atoms with Gasteiger partial charge < -0.3 is 22.1 Å². The quantitative estimate of drug-likeness (QED) is 0.303. The normalized spacial score (nSPS) is 18.5. The fraction of sp³-hybridized carbons (Fsp3) is 0.357. The highest BCUT2D eigenvalue weighted by molar-refractivity contribution is 5.95. The summed E-state index contributed by atoms with van der Waals surface area (Å²) in [7, 11) is 1.86. The van der Waals surface area contributed by atoms with Gasteiger partial charge >= 0.3 is 0 Å². The van der Waals surface area contributed by atoms with Crippen molar-refractivity contribution in [2.24, 2.45) is 18.5 Å². The predicted molar refractivity (Wildman–Crippen MR) is 147 cm³/mol. The summed E-state index contributed by atoms with van der Waals surface area (Å²) < 4.78 is 1.76. The number of fused-ring (bicyclic) bond motifs is 1. The van der Waals surface area contributed by atoms with Crippen molar-refractivity contribution in [2.75, 3.05) is 10.6 Å². The second-order valence-corrected chi connectivity index (χ2v) is 9.79. The second kappa shape index (κ2) is 10.7. The molecule has 1 atom stereocenters. The van der Waals surface area contributed by atoms with E-state index in [9.17, 15) is 4.79 Å². The number of hydrogen-bond donors (Lipinski definition) is 4. The summed E-state index contributed by atoms with van der Waals surface area (Å²) in [5.74, 6) is 0.808. The number of hydrogen-bond acceptors (Lipinski definition) is 7. The van der Waals surface area contributed by atoms with Crippen LogP contribution in [0.1, 0.15) is 49.8 Å². The van der Waals surface area contributed by atoms with Crippen LogP contribution in [-0.2, 0) is 18.3 Å². The van der Waals surface area contributed by atoms with Crippen LogP contribution in [0.2, 0.25) is 0 Å². The Labute approximate surface area is 216 Å². The van der Waals surface area contributed by atoms with E-state index in [1.807, 2.05) is 49.6 Å². The summed E-state index contributed by atoms with van der Waals surface area (Å²) in [6.07, 6.45) is 6.84. The van der Waals surface area contributed by atoms with Crippen molar-refractivity contribution in [3.8, 4) is 11.3 Å². The maximum absolute atomic E-state index is 12.7. The Kier molecular flexibility index (Phi) is 7.16. The lowest BCUT2D eigenvalue weighted by Gasteiger charge is -2.26. The van der Waals surface area contributed by atoms with Crippen LogP contribution >= 0.6 is 0 Å². The molecule has 0 unspecified atom stereocenters. The zero-order valence-corrected chi connectivity index (χ0v) is 21.3. The van der Waals surface area contributed by atoms with Crippen molar-refractivity contribution in [3.05, 3.63) is 65.9 Å². The van der Waals surface area contributed by atoms with Gasteiger partial charge in [-0.2, -0.15) is 5.10 Å². The molecule has 0 aliphatic heterocycles. The van der Waals surface area contributed by atoms with E-state index in [1.165, 1.54) is 0 Å². The van der Waals surface area contributed by atoms with Crippen molar-refractivity contribution >= 4 is 28.6 Å². The van der Waals surface area contributed by atoms with E-state index in [1.54, 1.807) is 4.68 Å². The number of nitrogens with one attached hydrogen (secondary N) is 2. The largest absolute Gasteiger partial charge is 0.351 e. The maximum Gasteiger partial charge on any atom is 0.247 e. The summed E-state index contributed by atoms with van der Waals surface area (Å²) in [4.78, 5) is 22.2. The van der Waals surface area contributed by atoms with Gasteiger partial charge in [0.15, 0.2) is 5.82 Å². The Morgan fingerprint density at radius 1 is 1.14 bits per heavy atom. The SMILES string of the molecule is CCc1cc(-c2cc(NC(=O)[C@@H](N)c3ccccc3)nn2C)cc2cnc(NC3CCC(N)CC3)nc12. The molecule has 1 aliphatic carbocycles. The van der Waals surface area contributed by atoms with Gasteiger partial charge in [-0.05, 0) is 55.4 Å². The molecule has 1 saturated carbocycles. The number of aryl methyl sites for hydroxylation is 2. The Bertz CT molecular complexity index is 1390. The van der Waals surface area contributed by atoms with E-state index < -0.39 is 6.04 Å². The number of rotatable bonds is 7. The average Bonchev–Trinajstić information content (AvgIpc) is 3.29. The Morgan fingerprint density at radius 2 is 1.89 bits per heavy atom. The number of benzene rings is 2. The van der Waals surface area contributed by atoms with Crippen LogP contribution in [0.25, 0.3) is 22.2 Å². The lowest BCUT2D eigenvalue weighted by Crippen LogP contribution is -2.33. The Balaban J connectivity index is 1.37. The topological polar surface area (TPSA) is 137 Å². The number of aromatic nitrogens is 4. The molecule has 2 heterocycles. The van der Waals surface area contributed by atoms with Crippen LogP contribution < -0.4 is 22.1 Å². The molecule has 37 heavy (non-hydrogen) atoms. The highest BCUT2D eigenvalue weighted by atomic mass is 16.2. The van der Waals surface area contributed by atoms with Crippen LogP contribution in [0, 0.1) is 0 Å². The summed E-state index contributed by atoms with van der Waals surface area (Å²) in [6.45, 7) is 2.12. The Morgan fingerprint density at radius 3 is 2.62 bits per heavy atom. The first-order valence-corrected chi connectivity index (χ1v) is 12.9. The lowest BCUT2D eigenvalue weighted by molar-refractivity contribution is -0.117. The molecule has 1 amide bonds. The van der Waals surface area contributed by atoms with E-state index in [2.05, 4.69) is 39.8 Å². The molecule has 0 bridgehead atoms. The van der Waals surface area contributed by atoms with Gasteiger partial charge in [0, 0.05) is 42.3 Å². The number of carbonyl (C=O) groups excluding carboxylic acids is 1. The van der Waals surface area contributed by atoms with Gasteiger partial charge in [-0.1, -0.05) is 37.3 Å². The molecule has 0 radical (unpaired) electrons. The summed E-state index contributed by atoms with van der Waals surface area (Å²) >= 11 is 0. The maximum atomic E-state index is 12.7. The third kappa shape index (κ3) is 5.47. The zero-order valence-electron chi connectivity index (χ0n) is 21.3. The van der Waals surface area contributed by atoms with Gasteiger partial charge in [-0.15, -0.1) is 0 Å².